The number of unbranched alkanes of at least 4 members (excludes halogenated alkanes) is 5. The van der Waals surface area contributed by atoms with Gasteiger partial charge in [0.1, 0.15) is 6.54 Å². The van der Waals surface area contributed by atoms with Crippen LogP contribution in [0.4, 0.5) is 0 Å². The van der Waals surface area contributed by atoms with Gasteiger partial charge in [0, 0.05) is 29.8 Å². The van der Waals surface area contributed by atoms with Crippen LogP contribution >= 0.6 is 0 Å². The SMILES string of the molecule is CCCCCCCCOC(=O)CN1C(=O)[C@@H]2[C@@H]3C(C(O)(c4ccccc4)c4ccccn4)=C[C@@H](C3=C(c3ccccc3)c3ccccn3)[C@@H]2C1=O. The van der Waals surface area contributed by atoms with Crippen molar-refractivity contribution >= 4 is 23.4 Å². The molecule has 1 saturated carbocycles. The fourth-order valence-electron chi connectivity index (χ4n) is 8.31. The molecule has 0 radical (unpaired) electrons. The zero-order valence-corrected chi connectivity index (χ0v) is 28.9. The number of aromatic nitrogens is 2. The molecule has 3 aliphatic rings. The van der Waals surface area contributed by atoms with E-state index in [2.05, 4.69) is 11.9 Å². The zero-order chi connectivity index (χ0) is 35.4. The van der Waals surface area contributed by atoms with Crippen LogP contribution in [0.25, 0.3) is 5.57 Å². The first-order valence-corrected chi connectivity index (χ1v) is 18.1. The number of hydrogen-bond acceptors (Lipinski definition) is 7. The number of esters is 1. The van der Waals surface area contributed by atoms with Crippen LogP contribution in [0.2, 0.25) is 0 Å². The highest BCUT2D eigenvalue weighted by Crippen LogP contribution is 2.64. The van der Waals surface area contributed by atoms with Gasteiger partial charge >= 0.3 is 5.97 Å². The molecule has 1 saturated heterocycles. The second-order valence-corrected chi connectivity index (χ2v) is 13.6. The summed E-state index contributed by atoms with van der Waals surface area (Å²) < 4.78 is 5.50. The molecule has 260 valence electrons. The quantitative estimate of drug-likeness (QED) is 0.0667. The van der Waals surface area contributed by atoms with Crippen molar-refractivity contribution < 1.29 is 24.2 Å². The fourth-order valence-corrected chi connectivity index (χ4v) is 8.31. The lowest BCUT2D eigenvalue weighted by Crippen LogP contribution is -2.40. The summed E-state index contributed by atoms with van der Waals surface area (Å²) in [7, 11) is 0. The van der Waals surface area contributed by atoms with Crippen LogP contribution in [0, 0.1) is 23.7 Å². The normalized spacial score (nSPS) is 22.8. The van der Waals surface area contributed by atoms with Crippen molar-refractivity contribution in [1.82, 2.24) is 14.9 Å². The number of fused-ring (bicyclic) bond motifs is 5. The van der Waals surface area contributed by atoms with Crippen molar-refractivity contribution in [3.05, 3.63) is 149 Å². The zero-order valence-electron chi connectivity index (χ0n) is 28.9. The van der Waals surface area contributed by atoms with E-state index in [9.17, 15) is 19.5 Å². The van der Waals surface area contributed by atoms with Crippen molar-refractivity contribution in [2.45, 2.75) is 51.0 Å². The smallest absolute Gasteiger partial charge is 0.326 e. The van der Waals surface area contributed by atoms with Crippen molar-refractivity contribution in [1.29, 1.82) is 0 Å². The standard InChI is InChI=1S/C43H43N3O5/c1-2-3-4-5-6-17-26-51-35(47)28-46-41(48)38-31-27-32(43(50,30-20-11-8-12-21-30)34-23-14-16-25-45-34)39(40(38)42(46)49)37(31)36(29-18-9-7-10-19-29)33-22-13-15-24-44-33/h7-16,18-25,27,31,38-40,50H,2-6,17,26,28H2,1H3/t31-,38-,39+,40-,43?/m0/s1. The number of aliphatic hydroxyl groups is 1. The minimum atomic E-state index is -1.71. The molecule has 2 aromatic carbocycles. The number of nitrogens with zero attached hydrogens (tertiary/aromatic N) is 3. The molecule has 51 heavy (non-hydrogen) atoms. The Morgan fingerprint density at radius 1 is 0.784 bits per heavy atom. The maximum absolute atomic E-state index is 14.5. The Labute approximate surface area is 298 Å². The van der Waals surface area contributed by atoms with Gasteiger partial charge in [0.05, 0.1) is 29.8 Å². The van der Waals surface area contributed by atoms with Gasteiger partial charge in [-0.2, -0.15) is 0 Å². The number of ether oxygens (including phenoxy) is 1. The van der Waals surface area contributed by atoms with Crippen LogP contribution in [0.15, 0.2) is 127 Å². The van der Waals surface area contributed by atoms with Crippen LogP contribution in [0.5, 0.6) is 0 Å². The van der Waals surface area contributed by atoms with Gasteiger partial charge in [0.15, 0.2) is 5.60 Å². The van der Waals surface area contributed by atoms with Gasteiger partial charge in [-0.05, 0) is 53.0 Å². The summed E-state index contributed by atoms with van der Waals surface area (Å²) in [5, 5.41) is 13.0. The van der Waals surface area contributed by atoms with Crippen molar-refractivity contribution in [2.24, 2.45) is 23.7 Å². The van der Waals surface area contributed by atoms with E-state index < -0.39 is 53.6 Å². The summed E-state index contributed by atoms with van der Waals surface area (Å²) >= 11 is 0. The first-order valence-electron chi connectivity index (χ1n) is 18.1. The molecule has 0 spiro atoms. The Hall–Kier alpha value is -5.21. The number of hydrogen-bond donors (Lipinski definition) is 1. The summed E-state index contributed by atoms with van der Waals surface area (Å²) in [6.45, 7) is 2.00. The number of amides is 2. The van der Waals surface area contributed by atoms with Crippen LogP contribution < -0.4 is 0 Å². The fraction of sp³-hybridized carbons (Fsp3) is 0.326. The molecule has 4 aromatic rings. The third kappa shape index (κ3) is 6.33. The Bertz CT molecular complexity index is 1850. The maximum Gasteiger partial charge on any atom is 0.326 e. The average molecular weight is 682 g/mol. The van der Waals surface area contributed by atoms with Crippen LogP contribution in [0.3, 0.4) is 0 Å². The van der Waals surface area contributed by atoms with Crippen LogP contribution in [-0.4, -0.2) is 50.9 Å². The Morgan fingerprint density at radius 3 is 2.12 bits per heavy atom. The highest BCUT2D eigenvalue weighted by Gasteiger charge is 2.67. The number of rotatable bonds is 14. The second kappa shape index (κ2) is 15.0. The van der Waals surface area contributed by atoms with E-state index in [-0.39, 0.29) is 6.61 Å². The molecular weight excluding hydrogens is 638 g/mol. The first kappa shape index (κ1) is 34.2. The van der Waals surface area contributed by atoms with E-state index in [0.29, 0.717) is 22.5 Å². The molecule has 2 fully saturated rings. The van der Waals surface area contributed by atoms with E-state index in [0.717, 1.165) is 53.7 Å². The van der Waals surface area contributed by atoms with Gasteiger partial charge in [0.25, 0.3) is 0 Å². The number of likely N-dealkylation sites (tertiary alicyclic amines) is 1. The molecule has 2 bridgehead atoms. The summed E-state index contributed by atoms with van der Waals surface area (Å²) in [6.07, 6.45) is 11.7. The first-order chi connectivity index (χ1) is 24.9. The highest BCUT2D eigenvalue weighted by molar-refractivity contribution is 6.09. The lowest BCUT2D eigenvalue weighted by Gasteiger charge is -2.36. The molecule has 2 aliphatic carbocycles. The van der Waals surface area contributed by atoms with Crippen LogP contribution in [-0.2, 0) is 24.7 Å². The number of imide groups is 1. The van der Waals surface area contributed by atoms with Gasteiger partial charge in [-0.25, -0.2) is 0 Å². The predicted octanol–water partition coefficient (Wildman–Crippen LogP) is 6.91. The molecule has 7 rings (SSSR count). The summed E-state index contributed by atoms with van der Waals surface area (Å²) in [5.41, 5.74) is 3.19. The molecule has 2 amide bonds. The molecule has 1 unspecified atom stereocenters. The predicted molar refractivity (Wildman–Crippen MR) is 193 cm³/mol. The molecule has 3 heterocycles. The maximum atomic E-state index is 14.5. The third-order valence-electron chi connectivity index (χ3n) is 10.6. The highest BCUT2D eigenvalue weighted by atomic mass is 16.5. The second-order valence-electron chi connectivity index (χ2n) is 13.6. The van der Waals surface area contributed by atoms with Crippen molar-refractivity contribution in [3.63, 3.8) is 0 Å². The molecule has 5 atom stereocenters. The lowest BCUT2D eigenvalue weighted by molar-refractivity contribution is -0.153. The molecule has 8 nitrogen and oxygen atoms in total. The van der Waals surface area contributed by atoms with Gasteiger partial charge in [0.2, 0.25) is 11.8 Å². The lowest BCUT2D eigenvalue weighted by atomic mass is 9.71. The summed E-state index contributed by atoms with van der Waals surface area (Å²) in [6, 6.07) is 30.3. The van der Waals surface area contributed by atoms with E-state index >= 15 is 0 Å². The molecule has 1 N–H and O–H groups in total. The van der Waals surface area contributed by atoms with Crippen molar-refractivity contribution in [2.75, 3.05) is 13.2 Å². The minimum Gasteiger partial charge on any atom is -0.464 e. The minimum absolute atomic E-state index is 0.260. The van der Waals surface area contributed by atoms with Gasteiger partial charge < -0.3 is 9.84 Å². The van der Waals surface area contributed by atoms with E-state index in [1.807, 2.05) is 91.0 Å². The summed E-state index contributed by atoms with van der Waals surface area (Å²) in [5.74, 6) is -4.19. The number of carbonyl (C=O) groups is 3. The molecule has 8 heteroatoms. The van der Waals surface area contributed by atoms with Gasteiger partial charge in [-0.1, -0.05) is 118 Å². The molecular formula is C43H43N3O5. The van der Waals surface area contributed by atoms with Crippen molar-refractivity contribution in [3.8, 4) is 0 Å². The van der Waals surface area contributed by atoms with E-state index in [1.165, 1.54) is 6.42 Å². The number of allylic oxidation sites excluding steroid dienone is 2. The van der Waals surface area contributed by atoms with E-state index in [1.54, 1.807) is 24.5 Å². The largest absolute Gasteiger partial charge is 0.464 e. The summed E-state index contributed by atoms with van der Waals surface area (Å²) in [4.78, 5) is 52.3. The Kier molecular flexibility index (Phi) is 10.0. The number of pyridine rings is 2. The molecule has 1 aliphatic heterocycles. The van der Waals surface area contributed by atoms with Gasteiger partial charge in [-0.15, -0.1) is 0 Å². The third-order valence-corrected chi connectivity index (χ3v) is 10.6. The average Bonchev–Trinajstić information content (AvgIpc) is 3.79. The number of benzene rings is 2. The Morgan fingerprint density at radius 2 is 1.43 bits per heavy atom. The Balaban J connectivity index is 1.30. The molecule has 2 aromatic heterocycles. The van der Waals surface area contributed by atoms with Crippen LogP contribution in [0.1, 0.15) is 68.0 Å². The monoisotopic (exact) mass is 681 g/mol. The number of carbonyl (C=O) groups excluding carboxylic acids is 3. The van der Waals surface area contributed by atoms with Gasteiger partial charge in [-0.3, -0.25) is 29.3 Å². The topological polar surface area (TPSA) is 110 Å². The van der Waals surface area contributed by atoms with E-state index in [4.69, 9.17) is 9.72 Å².